The van der Waals surface area contributed by atoms with Crippen LogP contribution in [-0.4, -0.2) is 18.0 Å². The standard InChI is InChI=1S/C19H18O4/c1-14(2)22-18(20)13-17(15-9-5-3-6-10-15)23-19(21)16-11-7-4-8-12-16/h3-14H,1-2H3/b17-13-. The Kier molecular flexibility index (Phi) is 5.69. The van der Waals surface area contributed by atoms with Crippen molar-refractivity contribution in [3.05, 3.63) is 77.9 Å². The molecule has 0 heterocycles. The first-order chi connectivity index (χ1) is 11.1. The first kappa shape index (κ1) is 16.5. The average Bonchev–Trinajstić information content (AvgIpc) is 2.55. The van der Waals surface area contributed by atoms with E-state index < -0.39 is 11.9 Å². The third kappa shape index (κ3) is 5.11. The fourth-order valence-electron chi connectivity index (χ4n) is 1.88. The molecule has 2 aromatic carbocycles. The largest absolute Gasteiger partial charge is 0.460 e. The molecule has 0 bridgehead atoms. The van der Waals surface area contributed by atoms with E-state index in [-0.39, 0.29) is 11.9 Å². The van der Waals surface area contributed by atoms with E-state index in [9.17, 15) is 9.59 Å². The van der Waals surface area contributed by atoms with Crippen molar-refractivity contribution in [3.8, 4) is 0 Å². The number of ether oxygens (including phenoxy) is 2. The van der Waals surface area contributed by atoms with Crippen LogP contribution in [0.4, 0.5) is 0 Å². The van der Waals surface area contributed by atoms with Gasteiger partial charge in [0.25, 0.3) is 0 Å². The summed E-state index contributed by atoms with van der Waals surface area (Å²) in [7, 11) is 0. The maximum atomic E-state index is 12.2. The van der Waals surface area contributed by atoms with Crippen LogP contribution in [0.1, 0.15) is 29.8 Å². The Morgan fingerprint density at radius 1 is 0.870 bits per heavy atom. The molecule has 118 valence electrons. The topological polar surface area (TPSA) is 52.6 Å². The highest BCUT2D eigenvalue weighted by Gasteiger charge is 2.14. The number of benzene rings is 2. The summed E-state index contributed by atoms with van der Waals surface area (Å²) in [6, 6.07) is 17.6. The van der Waals surface area contributed by atoms with Crippen molar-refractivity contribution in [3.63, 3.8) is 0 Å². The molecular formula is C19H18O4. The van der Waals surface area contributed by atoms with Crippen LogP contribution in [0.2, 0.25) is 0 Å². The molecule has 2 aromatic rings. The molecule has 0 aliphatic heterocycles. The Hall–Kier alpha value is -2.88. The lowest BCUT2D eigenvalue weighted by Gasteiger charge is -2.10. The van der Waals surface area contributed by atoms with E-state index in [0.717, 1.165) is 0 Å². The zero-order valence-corrected chi connectivity index (χ0v) is 13.1. The van der Waals surface area contributed by atoms with Gasteiger partial charge in [-0.3, -0.25) is 0 Å². The zero-order valence-electron chi connectivity index (χ0n) is 13.1. The minimum atomic E-state index is -0.556. The van der Waals surface area contributed by atoms with Crippen molar-refractivity contribution >= 4 is 17.7 Å². The van der Waals surface area contributed by atoms with Crippen LogP contribution in [0.3, 0.4) is 0 Å². The second-order valence-electron chi connectivity index (χ2n) is 5.12. The Morgan fingerprint density at radius 2 is 1.39 bits per heavy atom. The van der Waals surface area contributed by atoms with Crippen LogP contribution in [0.15, 0.2) is 66.7 Å². The van der Waals surface area contributed by atoms with Gasteiger partial charge in [0.1, 0.15) is 5.76 Å². The van der Waals surface area contributed by atoms with Gasteiger partial charge in [0, 0.05) is 5.56 Å². The number of carbonyl (C=O) groups excluding carboxylic acids is 2. The third-order valence-corrected chi connectivity index (χ3v) is 2.87. The Bertz CT molecular complexity index is 688. The minimum Gasteiger partial charge on any atom is -0.460 e. The highest BCUT2D eigenvalue weighted by molar-refractivity contribution is 5.96. The number of hydrogen-bond acceptors (Lipinski definition) is 4. The van der Waals surface area contributed by atoms with Gasteiger partial charge < -0.3 is 9.47 Å². The molecule has 0 N–H and O–H groups in total. The van der Waals surface area contributed by atoms with Crippen molar-refractivity contribution in [2.24, 2.45) is 0 Å². The number of rotatable bonds is 5. The molecule has 4 heteroatoms. The van der Waals surface area contributed by atoms with Crippen molar-refractivity contribution in [1.82, 2.24) is 0 Å². The van der Waals surface area contributed by atoms with Crippen molar-refractivity contribution in [1.29, 1.82) is 0 Å². The fraction of sp³-hybridized carbons (Fsp3) is 0.158. The molecule has 0 aromatic heterocycles. The van der Waals surface area contributed by atoms with Gasteiger partial charge in [-0.1, -0.05) is 48.5 Å². The minimum absolute atomic E-state index is 0.158. The highest BCUT2D eigenvalue weighted by atomic mass is 16.6. The lowest BCUT2D eigenvalue weighted by Crippen LogP contribution is -2.11. The normalized spacial score (nSPS) is 11.2. The van der Waals surface area contributed by atoms with E-state index in [1.165, 1.54) is 6.08 Å². The van der Waals surface area contributed by atoms with Crippen LogP contribution in [0.25, 0.3) is 5.76 Å². The van der Waals surface area contributed by atoms with Gasteiger partial charge >= 0.3 is 11.9 Å². The first-order valence-corrected chi connectivity index (χ1v) is 7.31. The summed E-state index contributed by atoms with van der Waals surface area (Å²) >= 11 is 0. The van der Waals surface area contributed by atoms with Crippen molar-refractivity contribution in [2.45, 2.75) is 20.0 Å². The monoisotopic (exact) mass is 310 g/mol. The highest BCUT2D eigenvalue weighted by Crippen LogP contribution is 2.18. The van der Waals surface area contributed by atoms with Crippen LogP contribution in [0, 0.1) is 0 Å². The summed E-state index contributed by atoms with van der Waals surface area (Å²) in [6.07, 6.45) is 0.941. The molecule has 0 spiro atoms. The van der Waals surface area contributed by atoms with Gasteiger partial charge in [-0.15, -0.1) is 0 Å². The third-order valence-electron chi connectivity index (χ3n) is 2.87. The lowest BCUT2D eigenvalue weighted by atomic mass is 10.1. The molecular weight excluding hydrogens is 292 g/mol. The maximum absolute atomic E-state index is 12.2. The van der Waals surface area contributed by atoms with Crippen molar-refractivity contribution < 1.29 is 19.1 Å². The molecule has 0 atom stereocenters. The van der Waals surface area contributed by atoms with Gasteiger partial charge in [0.2, 0.25) is 0 Å². The van der Waals surface area contributed by atoms with E-state index in [4.69, 9.17) is 9.47 Å². The lowest BCUT2D eigenvalue weighted by molar-refractivity contribution is -0.141. The maximum Gasteiger partial charge on any atom is 0.343 e. The van der Waals surface area contributed by atoms with E-state index in [1.54, 1.807) is 62.4 Å². The summed E-state index contributed by atoms with van der Waals surface area (Å²) in [6.45, 7) is 3.51. The number of carbonyl (C=O) groups is 2. The molecule has 4 nitrogen and oxygen atoms in total. The smallest absolute Gasteiger partial charge is 0.343 e. The molecule has 0 aliphatic rings. The van der Waals surface area contributed by atoms with Gasteiger partial charge in [0.05, 0.1) is 17.7 Å². The van der Waals surface area contributed by atoms with Crippen LogP contribution >= 0.6 is 0 Å². The van der Waals surface area contributed by atoms with Crippen LogP contribution in [0.5, 0.6) is 0 Å². The van der Waals surface area contributed by atoms with Gasteiger partial charge in [-0.05, 0) is 26.0 Å². The number of esters is 2. The second kappa shape index (κ2) is 7.94. The Morgan fingerprint density at radius 3 is 1.91 bits per heavy atom. The molecule has 23 heavy (non-hydrogen) atoms. The van der Waals surface area contributed by atoms with E-state index in [1.807, 2.05) is 12.1 Å². The summed E-state index contributed by atoms with van der Waals surface area (Å²) < 4.78 is 10.5. The van der Waals surface area contributed by atoms with Crippen molar-refractivity contribution in [2.75, 3.05) is 0 Å². The molecule has 0 aliphatic carbocycles. The van der Waals surface area contributed by atoms with Gasteiger partial charge in [0.15, 0.2) is 0 Å². The molecule has 0 amide bonds. The van der Waals surface area contributed by atoms with Crippen LogP contribution in [-0.2, 0) is 14.3 Å². The fourth-order valence-corrected chi connectivity index (χ4v) is 1.88. The summed E-state index contributed by atoms with van der Waals surface area (Å²) in [5.74, 6) is -0.928. The van der Waals surface area contributed by atoms with E-state index >= 15 is 0 Å². The predicted octanol–water partition coefficient (Wildman–Crippen LogP) is 3.84. The summed E-state index contributed by atoms with van der Waals surface area (Å²) in [5, 5.41) is 0. The Labute approximate surface area is 135 Å². The summed E-state index contributed by atoms with van der Waals surface area (Å²) in [4.78, 5) is 24.1. The predicted molar refractivity (Wildman–Crippen MR) is 87.5 cm³/mol. The molecule has 0 saturated carbocycles. The molecule has 0 radical (unpaired) electrons. The van der Waals surface area contributed by atoms with Crippen LogP contribution < -0.4 is 0 Å². The molecule has 0 saturated heterocycles. The Balaban J connectivity index is 2.26. The van der Waals surface area contributed by atoms with Gasteiger partial charge in [-0.2, -0.15) is 0 Å². The number of hydrogen-bond donors (Lipinski definition) is 0. The SMILES string of the molecule is CC(C)OC(=O)/C=C(\OC(=O)c1ccccc1)c1ccccc1. The molecule has 0 fully saturated rings. The quantitative estimate of drug-likeness (QED) is 0.478. The second-order valence-corrected chi connectivity index (χ2v) is 5.12. The average molecular weight is 310 g/mol. The molecule has 0 unspecified atom stereocenters. The summed E-state index contributed by atoms with van der Waals surface area (Å²) in [5.41, 5.74) is 1.03. The first-order valence-electron chi connectivity index (χ1n) is 7.31. The van der Waals surface area contributed by atoms with E-state index in [0.29, 0.717) is 11.1 Å². The van der Waals surface area contributed by atoms with E-state index in [2.05, 4.69) is 0 Å². The zero-order chi connectivity index (χ0) is 16.7. The molecule has 2 rings (SSSR count). The van der Waals surface area contributed by atoms with Gasteiger partial charge in [-0.25, -0.2) is 9.59 Å².